The summed E-state index contributed by atoms with van der Waals surface area (Å²) in [6.45, 7) is 3.89. The van der Waals surface area contributed by atoms with Crippen LogP contribution in [0.3, 0.4) is 0 Å². The maximum absolute atomic E-state index is 12.5. The molecule has 6 nitrogen and oxygen atoms in total. The highest BCUT2D eigenvalue weighted by atomic mass is 35.5. The first-order valence-electron chi connectivity index (χ1n) is 7.30. The van der Waals surface area contributed by atoms with Gasteiger partial charge in [0.15, 0.2) is 0 Å². The fourth-order valence-electron chi connectivity index (χ4n) is 2.39. The van der Waals surface area contributed by atoms with Crippen molar-refractivity contribution in [2.75, 3.05) is 13.1 Å². The predicted molar refractivity (Wildman–Crippen MR) is 89.1 cm³/mol. The van der Waals surface area contributed by atoms with Crippen LogP contribution in [0.1, 0.15) is 11.3 Å². The Morgan fingerprint density at radius 2 is 1.92 bits per heavy atom. The number of rotatable bonds is 4. The quantitative estimate of drug-likeness (QED) is 0.826. The molecule has 0 radical (unpaired) electrons. The van der Waals surface area contributed by atoms with Gasteiger partial charge in [-0.1, -0.05) is 17.7 Å². The molecule has 1 aliphatic heterocycles. The second kappa shape index (κ2) is 6.23. The van der Waals surface area contributed by atoms with Gasteiger partial charge in [0, 0.05) is 11.1 Å². The second-order valence-corrected chi connectivity index (χ2v) is 8.04. The first-order valence-corrected chi connectivity index (χ1v) is 9.12. The maximum Gasteiger partial charge on any atom is 0.339 e. The summed E-state index contributed by atoms with van der Waals surface area (Å²) in [5.74, 6) is 0.819. The lowest BCUT2D eigenvalue weighted by molar-refractivity contribution is 0.0754. The van der Waals surface area contributed by atoms with Crippen molar-refractivity contribution in [2.24, 2.45) is 0 Å². The van der Waals surface area contributed by atoms with Gasteiger partial charge in [-0.2, -0.15) is 4.31 Å². The molecule has 128 valence electrons. The van der Waals surface area contributed by atoms with E-state index in [1.807, 2.05) is 6.92 Å². The van der Waals surface area contributed by atoms with Gasteiger partial charge in [-0.05, 0) is 31.5 Å². The summed E-state index contributed by atoms with van der Waals surface area (Å²) in [6.07, 6.45) is -0.304. The summed E-state index contributed by atoms with van der Waals surface area (Å²) >= 11 is 6.01. The zero-order valence-corrected chi connectivity index (χ0v) is 14.7. The van der Waals surface area contributed by atoms with Gasteiger partial charge < -0.3 is 9.15 Å². The topological polar surface area (TPSA) is 76.8 Å². The van der Waals surface area contributed by atoms with Crippen LogP contribution < -0.4 is 10.4 Å². The number of halogens is 1. The third-order valence-electron chi connectivity index (χ3n) is 3.77. The molecule has 1 fully saturated rings. The van der Waals surface area contributed by atoms with E-state index in [2.05, 4.69) is 0 Å². The van der Waals surface area contributed by atoms with Crippen LogP contribution in [0.5, 0.6) is 5.75 Å². The number of aryl methyl sites for hydroxylation is 2. The van der Waals surface area contributed by atoms with Gasteiger partial charge in [-0.25, -0.2) is 13.2 Å². The van der Waals surface area contributed by atoms with E-state index in [0.29, 0.717) is 16.5 Å². The summed E-state index contributed by atoms with van der Waals surface area (Å²) in [5.41, 5.74) is 0.321. The molecule has 3 rings (SSSR count). The van der Waals surface area contributed by atoms with Gasteiger partial charge in [0.25, 0.3) is 0 Å². The van der Waals surface area contributed by atoms with Crippen LogP contribution in [-0.2, 0) is 10.0 Å². The minimum Gasteiger partial charge on any atom is -0.487 e. The number of ether oxygens (including phenoxy) is 1. The van der Waals surface area contributed by atoms with E-state index in [1.54, 1.807) is 19.1 Å². The van der Waals surface area contributed by atoms with Gasteiger partial charge in [0.05, 0.1) is 24.1 Å². The van der Waals surface area contributed by atoms with E-state index in [0.717, 1.165) is 5.56 Å². The Labute approximate surface area is 144 Å². The van der Waals surface area contributed by atoms with Crippen molar-refractivity contribution < 1.29 is 17.6 Å². The normalized spacial score (nSPS) is 16.0. The molecule has 0 N–H and O–H groups in total. The second-order valence-electron chi connectivity index (χ2n) is 5.70. The Morgan fingerprint density at radius 1 is 1.21 bits per heavy atom. The molecule has 0 atom stereocenters. The third kappa shape index (κ3) is 3.33. The van der Waals surface area contributed by atoms with E-state index in [9.17, 15) is 13.2 Å². The van der Waals surface area contributed by atoms with Gasteiger partial charge in [-0.3, -0.25) is 0 Å². The monoisotopic (exact) mass is 369 g/mol. The molecule has 2 aromatic rings. The van der Waals surface area contributed by atoms with Crippen molar-refractivity contribution in [1.82, 2.24) is 4.31 Å². The highest BCUT2D eigenvalue weighted by Crippen LogP contribution is 2.27. The average Bonchev–Trinajstić information content (AvgIpc) is 2.44. The number of benzene rings is 1. The van der Waals surface area contributed by atoms with Crippen LogP contribution >= 0.6 is 11.6 Å². The minimum absolute atomic E-state index is 0.160. The molecule has 0 aliphatic carbocycles. The van der Waals surface area contributed by atoms with E-state index in [-0.39, 0.29) is 24.1 Å². The summed E-state index contributed by atoms with van der Waals surface area (Å²) in [6, 6.07) is 7.50. The van der Waals surface area contributed by atoms with Crippen molar-refractivity contribution in [2.45, 2.75) is 24.8 Å². The molecule has 0 amide bonds. The highest BCUT2D eigenvalue weighted by Gasteiger charge is 2.38. The highest BCUT2D eigenvalue weighted by molar-refractivity contribution is 7.89. The summed E-state index contributed by atoms with van der Waals surface area (Å²) in [5, 5.41) is 0.413. The van der Waals surface area contributed by atoms with Gasteiger partial charge in [0.2, 0.25) is 10.0 Å². The molecule has 1 aromatic heterocycles. The molecule has 0 saturated carbocycles. The van der Waals surface area contributed by atoms with Crippen molar-refractivity contribution in [1.29, 1.82) is 0 Å². The molecule has 24 heavy (non-hydrogen) atoms. The van der Waals surface area contributed by atoms with Crippen LogP contribution in [0.2, 0.25) is 5.02 Å². The molecule has 1 aliphatic rings. The molecule has 0 spiro atoms. The first kappa shape index (κ1) is 17.0. The Hall–Kier alpha value is -1.83. The van der Waals surface area contributed by atoms with Crippen LogP contribution in [0.15, 0.2) is 44.4 Å². The third-order valence-corrected chi connectivity index (χ3v) is 6.00. The summed E-state index contributed by atoms with van der Waals surface area (Å²) < 4.78 is 36.9. The van der Waals surface area contributed by atoms with E-state index in [4.69, 9.17) is 20.8 Å². The standard InChI is InChI=1S/C16H16ClNO5S/c1-10-3-4-14(7-15(10)17)24(20,21)18-8-13(9-18)23-12-5-11(2)22-16(19)6-12/h3-7,13H,8-9H2,1-2H3. The summed E-state index contributed by atoms with van der Waals surface area (Å²) in [7, 11) is -3.59. The lowest BCUT2D eigenvalue weighted by Crippen LogP contribution is -2.56. The number of hydrogen-bond acceptors (Lipinski definition) is 5. The van der Waals surface area contributed by atoms with Crippen LogP contribution in [0, 0.1) is 13.8 Å². The summed E-state index contributed by atoms with van der Waals surface area (Å²) in [4.78, 5) is 11.5. The first-order chi connectivity index (χ1) is 11.3. The Bertz CT molecular complexity index is 932. The molecule has 1 aromatic carbocycles. The lowest BCUT2D eigenvalue weighted by Gasteiger charge is -2.37. The van der Waals surface area contributed by atoms with E-state index >= 15 is 0 Å². The van der Waals surface area contributed by atoms with Gasteiger partial charge >= 0.3 is 5.63 Å². The zero-order valence-electron chi connectivity index (χ0n) is 13.2. The van der Waals surface area contributed by atoms with Crippen LogP contribution in [-0.4, -0.2) is 31.9 Å². The molecule has 0 bridgehead atoms. The van der Waals surface area contributed by atoms with Gasteiger partial charge in [0.1, 0.15) is 17.6 Å². The molecule has 2 heterocycles. The number of hydrogen-bond donors (Lipinski definition) is 0. The van der Waals surface area contributed by atoms with Crippen molar-refractivity contribution in [3.05, 3.63) is 57.1 Å². The fraction of sp³-hybridized carbons (Fsp3) is 0.312. The number of nitrogens with zero attached hydrogens (tertiary/aromatic N) is 1. The largest absolute Gasteiger partial charge is 0.487 e. The fourth-order valence-corrected chi connectivity index (χ4v) is 4.17. The molecule has 8 heteroatoms. The maximum atomic E-state index is 12.5. The predicted octanol–water partition coefficient (Wildman–Crippen LogP) is 2.36. The lowest BCUT2D eigenvalue weighted by atomic mass is 10.2. The zero-order chi connectivity index (χ0) is 17.5. The van der Waals surface area contributed by atoms with Gasteiger partial charge in [-0.15, -0.1) is 0 Å². The van der Waals surface area contributed by atoms with Crippen molar-refractivity contribution in [3.63, 3.8) is 0 Å². The molecular weight excluding hydrogens is 354 g/mol. The Balaban J connectivity index is 1.69. The smallest absolute Gasteiger partial charge is 0.339 e. The van der Waals surface area contributed by atoms with Crippen molar-refractivity contribution >= 4 is 21.6 Å². The molecule has 0 unspecified atom stereocenters. The average molecular weight is 370 g/mol. The van der Waals surface area contributed by atoms with E-state index in [1.165, 1.54) is 22.5 Å². The number of sulfonamides is 1. The molecule has 1 saturated heterocycles. The van der Waals surface area contributed by atoms with Crippen LogP contribution in [0.4, 0.5) is 0 Å². The van der Waals surface area contributed by atoms with E-state index < -0.39 is 15.6 Å². The Morgan fingerprint density at radius 3 is 2.54 bits per heavy atom. The SMILES string of the molecule is Cc1cc(OC2CN(S(=O)(=O)c3ccc(C)c(Cl)c3)C2)cc(=O)o1. The minimum atomic E-state index is -3.59. The molecular formula is C16H16ClNO5S. The van der Waals surface area contributed by atoms with Crippen molar-refractivity contribution in [3.8, 4) is 5.75 Å². The Kier molecular flexibility index (Phi) is 4.42. The van der Waals surface area contributed by atoms with Crippen LogP contribution in [0.25, 0.3) is 0 Å².